The number of H-pyrrole nitrogens is 1. The maximum absolute atomic E-state index is 4.54. The molecule has 0 amide bonds. The van der Waals surface area contributed by atoms with Gasteiger partial charge in [0.1, 0.15) is 0 Å². The van der Waals surface area contributed by atoms with Gasteiger partial charge < -0.3 is 4.98 Å². The Bertz CT molecular complexity index is 1220. The second-order valence-electron chi connectivity index (χ2n) is 6.25. The quantitative estimate of drug-likeness (QED) is 0.545. The highest BCUT2D eigenvalue weighted by atomic mass is 15.4. The molecule has 0 atom stereocenters. The fourth-order valence-electron chi connectivity index (χ4n) is 3.07. The van der Waals surface area contributed by atoms with Gasteiger partial charge in [0.15, 0.2) is 11.5 Å². The molecule has 0 unspecified atom stereocenters. The van der Waals surface area contributed by atoms with Crippen molar-refractivity contribution in [3.63, 3.8) is 0 Å². The highest BCUT2D eigenvalue weighted by Crippen LogP contribution is 2.22. The van der Waals surface area contributed by atoms with Crippen molar-refractivity contribution in [1.82, 2.24) is 34.8 Å². The van der Waals surface area contributed by atoms with Gasteiger partial charge in [0, 0.05) is 23.6 Å². The number of aromatic amines is 1. The van der Waals surface area contributed by atoms with Crippen molar-refractivity contribution in [2.45, 2.75) is 13.3 Å². The molecule has 0 aliphatic heterocycles. The summed E-state index contributed by atoms with van der Waals surface area (Å²) < 4.78 is 1.80. The number of nitrogens with one attached hydrogen (secondary N) is 1. The molecule has 0 fully saturated rings. The van der Waals surface area contributed by atoms with Crippen molar-refractivity contribution < 1.29 is 0 Å². The zero-order valence-corrected chi connectivity index (χ0v) is 14.1. The van der Waals surface area contributed by atoms with Crippen molar-refractivity contribution in [2.75, 3.05) is 0 Å². The fraction of sp³-hybridized carbons (Fsp3) is 0.105. The largest absolute Gasteiger partial charge is 0.345 e. The maximum atomic E-state index is 4.54. The fourth-order valence-corrected chi connectivity index (χ4v) is 3.07. The summed E-state index contributed by atoms with van der Waals surface area (Å²) >= 11 is 0. The Labute approximate surface area is 148 Å². The molecule has 5 rings (SSSR count). The molecule has 0 saturated carbocycles. The van der Waals surface area contributed by atoms with Crippen molar-refractivity contribution in [3.8, 4) is 11.3 Å². The highest BCUT2D eigenvalue weighted by Gasteiger charge is 2.09. The lowest BCUT2D eigenvalue weighted by molar-refractivity contribution is 0.821. The maximum Gasteiger partial charge on any atom is 0.177 e. The minimum absolute atomic E-state index is 0.655. The van der Waals surface area contributed by atoms with Gasteiger partial charge in [0.2, 0.25) is 0 Å². The van der Waals surface area contributed by atoms with Gasteiger partial charge in [0.25, 0.3) is 0 Å². The van der Waals surface area contributed by atoms with E-state index in [-0.39, 0.29) is 0 Å². The second kappa shape index (κ2) is 5.73. The van der Waals surface area contributed by atoms with E-state index in [9.17, 15) is 0 Å². The van der Waals surface area contributed by atoms with Crippen molar-refractivity contribution >= 4 is 16.6 Å². The Balaban J connectivity index is 1.55. The molecular formula is C19H15N7. The number of hydrogen-bond acceptors (Lipinski definition) is 5. The predicted molar refractivity (Wildman–Crippen MR) is 97.6 cm³/mol. The van der Waals surface area contributed by atoms with Gasteiger partial charge in [-0.2, -0.15) is 9.61 Å². The Hall–Kier alpha value is -3.61. The van der Waals surface area contributed by atoms with Crippen LogP contribution in [0.25, 0.3) is 27.8 Å². The molecule has 0 spiro atoms. The topological polar surface area (TPSA) is 84.6 Å². The zero-order valence-electron chi connectivity index (χ0n) is 14.1. The molecule has 7 heteroatoms. The molecule has 0 aliphatic rings. The number of aromatic nitrogens is 7. The van der Waals surface area contributed by atoms with Gasteiger partial charge in [-0.25, -0.2) is 4.98 Å². The first-order valence-electron chi connectivity index (χ1n) is 8.32. The van der Waals surface area contributed by atoms with Crippen LogP contribution < -0.4 is 0 Å². The number of rotatable bonds is 3. The lowest BCUT2D eigenvalue weighted by Gasteiger charge is -2.05. The Morgan fingerprint density at radius 1 is 1.04 bits per heavy atom. The van der Waals surface area contributed by atoms with Crippen molar-refractivity contribution in [3.05, 3.63) is 72.2 Å². The van der Waals surface area contributed by atoms with Crippen molar-refractivity contribution in [1.29, 1.82) is 0 Å². The zero-order chi connectivity index (χ0) is 17.5. The van der Waals surface area contributed by atoms with Crippen LogP contribution in [0.15, 0.2) is 55.1 Å². The molecule has 0 radical (unpaired) electrons. The lowest BCUT2D eigenvalue weighted by Crippen LogP contribution is -2.01. The average Bonchev–Trinajstić information content (AvgIpc) is 3.32. The van der Waals surface area contributed by atoms with Gasteiger partial charge in [0.05, 0.1) is 29.4 Å². The van der Waals surface area contributed by atoms with Crippen LogP contribution in [0.1, 0.15) is 17.1 Å². The summed E-state index contributed by atoms with van der Waals surface area (Å²) in [5, 5.41) is 14.1. The Kier molecular flexibility index (Phi) is 3.24. The molecule has 0 aliphatic carbocycles. The number of hydrogen-bond donors (Lipinski definition) is 1. The molecule has 0 saturated heterocycles. The summed E-state index contributed by atoms with van der Waals surface area (Å²) in [5.74, 6) is 0.820. The molecule has 26 heavy (non-hydrogen) atoms. The van der Waals surface area contributed by atoms with E-state index in [2.05, 4.69) is 48.4 Å². The van der Waals surface area contributed by atoms with E-state index in [0.717, 1.165) is 44.9 Å². The van der Waals surface area contributed by atoms with Crippen LogP contribution >= 0.6 is 0 Å². The van der Waals surface area contributed by atoms with Crippen molar-refractivity contribution in [2.24, 2.45) is 0 Å². The monoisotopic (exact) mass is 341 g/mol. The molecule has 1 aromatic carbocycles. The van der Waals surface area contributed by atoms with Crippen LogP contribution in [-0.4, -0.2) is 34.8 Å². The Morgan fingerprint density at radius 2 is 2.00 bits per heavy atom. The van der Waals surface area contributed by atoms with Crippen LogP contribution in [0.3, 0.4) is 0 Å². The molecule has 5 aromatic rings. The van der Waals surface area contributed by atoms with E-state index in [1.54, 1.807) is 17.0 Å². The van der Waals surface area contributed by atoms with Crippen LogP contribution in [0, 0.1) is 6.92 Å². The number of nitrogens with zero attached hydrogens (tertiary/aromatic N) is 6. The third kappa shape index (κ3) is 2.50. The summed E-state index contributed by atoms with van der Waals surface area (Å²) in [6.45, 7) is 1.96. The van der Waals surface area contributed by atoms with E-state index in [0.29, 0.717) is 6.42 Å². The summed E-state index contributed by atoms with van der Waals surface area (Å²) in [5.41, 5.74) is 5.75. The van der Waals surface area contributed by atoms with Gasteiger partial charge in [-0.15, -0.1) is 10.2 Å². The Morgan fingerprint density at radius 3 is 2.88 bits per heavy atom. The van der Waals surface area contributed by atoms with Gasteiger partial charge in [-0.1, -0.05) is 6.07 Å². The minimum atomic E-state index is 0.655. The first-order chi connectivity index (χ1) is 12.8. The first-order valence-corrected chi connectivity index (χ1v) is 8.32. The van der Waals surface area contributed by atoms with Crippen LogP contribution in [-0.2, 0) is 6.42 Å². The molecule has 1 N–H and O–H groups in total. The summed E-state index contributed by atoms with van der Waals surface area (Å²) in [4.78, 5) is 11.7. The van der Waals surface area contributed by atoms with Gasteiger partial charge in [-0.05, 0) is 42.8 Å². The summed E-state index contributed by atoms with van der Waals surface area (Å²) in [6, 6.07) is 12.2. The number of imidazole rings is 1. The third-order valence-electron chi connectivity index (χ3n) is 4.38. The normalized spacial score (nSPS) is 11.4. The minimum Gasteiger partial charge on any atom is -0.345 e. The highest BCUT2D eigenvalue weighted by molar-refractivity contribution is 5.83. The number of benzene rings is 1. The lowest BCUT2D eigenvalue weighted by atomic mass is 10.1. The number of aryl methyl sites for hydroxylation is 1. The smallest absolute Gasteiger partial charge is 0.177 e. The van der Waals surface area contributed by atoms with E-state index in [1.165, 1.54) is 0 Å². The molecule has 126 valence electrons. The van der Waals surface area contributed by atoms with Crippen LogP contribution in [0.5, 0.6) is 0 Å². The molecule has 4 heterocycles. The predicted octanol–water partition coefficient (Wildman–Crippen LogP) is 2.96. The third-order valence-corrected chi connectivity index (χ3v) is 4.38. The summed E-state index contributed by atoms with van der Waals surface area (Å²) in [6.07, 6.45) is 5.97. The standard InChI is InChI=1S/C19H15N7/c1-12-2-5-18-23-24-19(26(18)25-12)7-13-3-4-16-14(6-13)8-15(9-21-16)17-10-20-11-22-17/h2-6,8-11H,7H2,1H3,(H,20,22). The number of fused-ring (bicyclic) bond motifs is 2. The second-order valence-corrected chi connectivity index (χ2v) is 6.25. The molecule has 7 nitrogen and oxygen atoms in total. The van der Waals surface area contributed by atoms with E-state index < -0.39 is 0 Å². The number of pyridine rings is 1. The van der Waals surface area contributed by atoms with Gasteiger partial charge >= 0.3 is 0 Å². The SMILES string of the molecule is Cc1ccc2nnc(Cc3ccc4ncc(-c5cnc[nH]5)cc4c3)n2n1. The molecular weight excluding hydrogens is 326 g/mol. The van der Waals surface area contributed by atoms with E-state index in [1.807, 2.05) is 31.3 Å². The molecule has 4 aromatic heterocycles. The van der Waals surface area contributed by atoms with Crippen LogP contribution in [0.2, 0.25) is 0 Å². The van der Waals surface area contributed by atoms with E-state index >= 15 is 0 Å². The molecule has 0 bridgehead atoms. The summed E-state index contributed by atoms with van der Waals surface area (Å²) in [7, 11) is 0. The van der Waals surface area contributed by atoms with Gasteiger partial charge in [-0.3, -0.25) is 4.98 Å². The van der Waals surface area contributed by atoms with Crippen LogP contribution in [0.4, 0.5) is 0 Å². The first kappa shape index (κ1) is 14.7. The average molecular weight is 341 g/mol. The van der Waals surface area contributed by atoms with E-state index in [4.69, 9.17) is 0 Å².